The van der Waals surface area contributed by atoms with Crippen molar-refractivity contribution in [2.75, 3.05) is 38.7 Å². The summed E-state index contributed by atoms with van der Waals surface area (Å²) in [5.41, 5.74) is 1.83. The van der Waals surface area contributed by atoms with Gasteiger partial charge in [0.25, 0.3) is 0 Å². The van der Waals surface area contributed by atoms with E-state index < -0.39 is 0 Å². The van der Waals surface area contributed by atoms with Crippen molar-refractivity contribution in [3.05, 3.63) is 29.6 Å². The van der Waals surface area contributed by atoms with Crippen molar-refractivity contribution in [1.29, 1.82) is 0 Å². The summed E-state index contributed by atoms with van der Waals surface area (Å²) in [7, 11) is 1.63. The Morgan fingerprint density at radius 3 is 2.68 bits per heavy atom. The third-order valence-electron chi connectivity index (χ3n) is 3.14. The number of benzene rings is 1. The van der Waals surface area contributed by atoms with Crippen molar-refractivity contribution in [2.24, 2.45) is 0 Å². The summed E-state index contributed by atoms with van der Waals surface area (Å²) in [6.07, 6.45) is 0.983. The van der Waals surface area contributed by atoms with Crippen LogP contribution >= 0.6 is 23.7 Å². The highest BCUT2D eigenvalue weighted by Gasteiger charge is 2.08. The molecule has 1 heterocycles. The second-order valence-corrected chi connectivity index (χ2v) is 5.99. The molecule has 138 valence electrons. The van der Waals surface area contributed by atoms with Gasteiger partial charge < -0.3 is 20.1 Å². The molecule has 0 aliphatic heterocycles. The van der Waals surface area contributed by atoms with Crippen LogP contribution in [0.3, 0.4) is 0 Å². The Morgan fingerprint density at radius 1 is 1.24 bits per heavy atom. The van der Waals surface area contributed by atoms with Gasteiger partial charge in [-0.05, 0) is 30.7 Å². The van der Waals surface area contributed by atoms with Gasteiger partial charge in [-0.1, -0.05) is 6.92 Å². The molecule has 6 nitrogen and oxygen atoms in total. The molecular weight excluding hydrogens is 362 g/mol. The SMILES string of the molecule is CCCOc1ccc(-c2csc(NC(=O)CNCCOC)n2)cc1.Cl. The van der Waals surface area contributed by atoms with Gasteiger partial charge in [-0.25, -0.2) is 4.98 Å². The molecule has 0 aliphatic rings. The number of nitrogens with one attached hydrogen (secondary N) is 2. The first-order valence-electron chi connectivity index (χ1n) is 7.91. The van der Waals surface area contributed by atoms with Crippen LogP contribution in [0.25, 0.3) is 11.3 Å². The molecule has 0 saturated carbocycles. The molecule has 2 N–H and O–H groups in total. The van der Waals surface area contributed by atoms with Crippen LogP contribution in [0.1, 0.15) is 13.3 Å². The zero-order valence-corrected chi connectivity index (χ0v) is 16.0. The average Bonchev–Trinajstić information content (AvgIpc) is 3.06. The highest BCUT2D eigenvalue weighted by molar-refractivity contribution is 7.14. The molecule has 2 rings (SSSR count). The van der Waals surface area contributed by atoms with E-state index in [2.05, 4.69) is 22.5 Å². The second-order valence-electron chi connectivity index (χ2n) is 5.13. The quantitative estimate of drug-likeness (QED) is 0.614. The Labute approximate surface area is 158 Å². The fourth-order valence-electron chi connectivity index (χ4n) is 1.95. The number of halogens is 1. The van der Waals surface area contributed by atoms with E-state index in [1.165, 1.54) is 11.3 Å². The van der Waals surface area contributed by atoms with Crippen molar-refractivity contribution in [1.82, 2.24) is 10.3 Å². The lowest BCUT2D eigenvalue weighted by atomic mass is 10.2. The van der Waals surface area contributed by atoms with Crippen LogP contribution in [-0.4, -0.2) is 44.3 Å². The third kappa shape index (κ3) is 7.39. The van der Waals surface area contributed by atoms with E-state index in [9.17, 15) is 4.79 Å². The first-order chi connectivity index (χ1) is 11.7. The molecule has 0 atom stereocenters. The number of nitrogens with zero attached hydrogens (tertiary/aromatic N) is 1. The number of rotatable bonds is 10. The van der Waals surface area contributed by atoms with Gasteiger partial charge in [0.1, 0.15) is 5.75 Å². The Balaban J connectivity index is 0.00000312. The van der Waals surface area contributed by atoms with Crippen LogP contribution < -0.4 is 15.4 Å². The van der Waals surface area contributed by atoms with Gasteiger partial charge in [-0.15, -0.1) is 23.7 Å². The van der Waals surface area contributed by atoms with Crippen LogP contribution in [0.15, 0.2) is 29.6 Å². The number of amides is 1. The summed E-state index contributed by atoms with van der Waals surface area (Å²) >= 11 is 1.41. The molecule has 0 aliphatic carbocycles. The van der Waals surface area contributed by atoms with Gasteiger partial charge >= 0.3 is 0 Å². The lowest BCUT2D eigenvalue weighted by molar-refractivity contribution is -0.115. The molecule has 1 aromatic heterocycles. The van der Waals surface area contributed by atoms with Gasteiger partial charge in [0.05, 0.1) is 25.5 Å². The number of methoxy groups -OCH3 is 1. The summed E-state index contributed by atoms with van der Waals surface area (Å²) in [4.78, 5) is 16.3. The summed E-state index contributed by atoms with van der Waals surface area (Å²) in [6, 6.07) is 7.81. The van der Waals surface area contributed by atoms with Crippen LogP contribution in [0, 0.1) is 0 Å². The molecule has 8 heteroatoms. The Bertz CT molecular complexity index is 634. The Morgan fingerprint density at radius 2 is 2.00 bits per heavy atom. The minimum absolute atomic E-state index is 0. The monoisotopic (exact) mass is 385 g/mol. The van der Waals surface area contributed by atoms with Crippen molar-refractivity contribution in [2.45, 2.75) is 13.3 Å². The highest BCUT2D eigenvalue weighted by Crippen LogP contribution is 2.26. The zero-order chi connectivity index (χ0) is 17.2. The lowest BCUT2D eigenvalue weighted by Crippen LogP contribution is -2.30. The number of carbonyl (C=O) groups is 1. The zero-order valence-electron chi connectivity index (χ0n) is 14.4. The molecule has 0 radical (unpaired) electrons. The van der Waals surface area contributed by atoms with E-state index in [0.717, 1.165) is 23.4 Å². The van der Waals surface area contributed by atoms with Crippen LogP contribution in [0.4, 0.5) is 5.13 Å². The summed E-state index contributed by atoms with van der Waals surface area (Å²) in [5.74, 6) is 0.738. The van der Waals surface area contributed by atoms with Crippen molar-refractivity contribution < 1.29 is 14.3 Å². The van der Waals surface area contributed by atoms with Crippen LogP contribution in [-0.2, 0) is 9.53 Å². The molecule has 0 spiro atoms. The van der Waals surface area contributed by atoms with Crippen molar-refractivity contribution >= 4 is 34.8 Å². The topological polar surface area (TPSA) is 72.5 Å². The number of carbonyl (C=O) groups excluding carboxylic acids is 1. The van der Waals surface area contributed by atoms with Gasteiger partial charge in [0, 0.05) is 24.6 Å². The van der Waals surface area contributed by atoms with Crippen molar-refractivity contribution in [3.63, 3.8) is 0 Å². The molecular formula is C17H24ClN3O3S. The molecule has 0 saturated heterocycles. The molecule has 1 amide bonds. The first-order valence-corrected chi connectivity index (χ1v) is 8.79. The Kier molecular flexibility index (Phi) is 10.1. The molecule has 0 fully saturated rings. The molecule has 25 heavy (non-hydrogen) atoms. The van der Waals surface area contributed by atoms with E-state index >= 15 is 0 Å². The van der Waals surface area contributed by atoms with Gasteiger partial charge in [-0.2, -0.15) is 0 Å². The molecule has 2 aromatic rings. The summed E-state index contributed by atoms with van der Waals surface area (Å²) in [6.45, 7) is 4.24. The number of thiazole rings is 1. The standard InChI is InChI=1S/C17H23N3O3S.ClH/c1-3-9-23-14-6-4-13(5-7-14)15-12-24-17(19-15)20-16(21)11-18-8-10-22-2;/h4-7,12,18H,3,8-11H2,1-2H3,(H,19,20,21);1H. The van der Waals surface area contributed by atoms with Gasteiger partial charge in [0.15, 0.2) is 5.13 Å². The first kappa shape index (κ1) is 21.4. The minimum atomic E-state index is -0.115. The highest BCUT2D eigenvalue weighted by atomic mass is 35.5. The minimum Gasteiger partial charge on any atom is -0.494 e. The predicted molar refractivity (Wildman–Crippen MR) is 104 cm³/mol. The summed E-state index contributed by atoms with van der Waals surface area (Å²) < 4.78 is 10.5. The smallest absolute Gasteiger partial charge is 0.240 e. The van der Waals surface area contributed by atoms with Gasteiger partial charge in [-0.3, -0.25) is 4.79 Å². The molecule has 1 aromatic carbocycles. The maximum absolute atomic E-state index is 11.8. The maximum Gasteiger partial charge on any atom is 0.240 e. The van der Waals surface area contributed by atoms with Crippen molar-refractivity contribution in [3.8, 4) is 17.0 Å². The molecule has 0 unspecified atom stereocenters. The molecule has 0 bridgehead atoms. The van der Waals surface area contributed by atoms with E-state index in [1.807, 2.05) is 29.6 Å². The number of anilines is 1. The number of hydrogen-bond acceptors (Lipinski definition) is 6. The predicted octanol–water partition coefficient (Wildman–Crippen LogP) is 3.20. The average molecular weight is 386 g/mol. The lowest BCUT2D eigenvalue weighted by Gasteiger charge is -2.05. The van der Waals surface area contributed by atoms with E-state index in [-0.39, 0.29) is 24.9 Å². The van der Waals surface area contributed by atoms with Crippen LogP contribution in [0.5, 0.6) is 5.75 Å². The normalized spacial score (nSPS) is 10.2. The van der Waals surface area contributed by atoms with E-state index in [1.54, 1.807) is 7.11 Å². The fourth-order valence-corrected chi connectivity index (χ4v) is 2.68. The number of ether oxygens (including phenoxy) is 2. The second kappa shape index (κ2) is 11.8. The number of aromatic nitrogens is 1. The van der Waals surface area contributed by atoms with E-state index in [0.29, 0.717) is 24.9 Å². The third-order valence-corrected chi connectivity index (χ3v) is 3.90. The maximum atomic E-state index is 11.8. The fraction of sp³-hybridized carbons (Fsp3) is 0.412. The Hall–Kier alpha value is -1.67. The van der Waals surface area contributed by atoms with Gasteiger partial charge in [0.2, 0.25) is 5.91 Å². The van der Waals surface area contributed by atoms with Crippen LogP contribution in [0.2, 0.25) is 0 Å². The summed E-state index contributed by atoms with van der Waals surface area (Å²) in [5, 5.41) is 8.30. The largest absolute Gasteiger partial charge is 0.494 e. The van der Waals surface area contributed by atoms with E-state index in [4.69, 9.17) is 9.47 Å². The number of hydrogen-bond donors (Lipinski definition) is 2.